The van der Waals surface area contributed by atoms with Crippen molar-refractivity contribution in [1.29, 1.82) is 0 Å². The summed E-state index contributed by atoms with van der Waals surface area (Å²) >= 11 is 0. The second-order valence-electron chi connectivity index (χ2n) is 8.37. The van der Waals surface area contributed by atoms with Crippen LogP contribution < -0.4 is 10.2 Å². The third kappa shape index (κ3) is 5.50. The van der Waals surface area contributed by atoms with Gasteiger partial charge in [-0.25, -0.2) is 9.97 Å². The van der Waals surface area contributed by atoms with Crippen LogP contribution in [0.15, 0.2) is 60.0 Å². The summed E-state index contributed by atoms with van der Waals surface area (Å²) in [5.74, 6) is 1.20. The molecule has 0 amide bonds. The highest BCUT2D eigenvalue weighted by Crippen LogP contribution is 2.20. The maximum Gasteiger partial charge on any atom is 0.211 e. The Morgan fingerprint density at radius 3 is 2.67 bits per heavy atom. The van der Waals surface area contributed by atoms with Crippen molar-refractivity contribution < 1.29 is 9.84 Å². The van der Waals surface area contributed by atoms with Crippen LogP contribution in [0.25, 0.3) is 22.5 Å². The SMILES string of the molecule is CCOc1cnc(-c2cccc(Cc3n[nH]cc(-c4cnn(CC(C)(C)O)c4)c3=O)c2)nc1. The normalized spacial score (nSPS) is 11.5. The molecular formula is C24H26N6O3. The van der Waals surface area contributed by atoms with Gasteiger partial charge in [0.2, 0.25) is 5.43 Å². The Balaban J connectivity index is 1.57. The molecule has 4 rings (SSSR count). The van der Waals surface area contributed by atoms with E-state index in [2.05, 4.69) is 25.3 Å². The van der Waals surface area contributed by atoms with Crippen LogP contribution in [0, 0.1) is 0 Å². The predicted molar refractivity (Wildman–Crippen MR) is 124 cm³/mol. The molecule has 4 aromatic rings. The van der Waals surface area contributed by atoms with Crippen molar-refractivity contribution >= 4 is 0 Å². The summed E-state index contributed by atoms with van der Waals surface area (Å²) in [6, 6.07) is 7.71. The highest BCUT2D eigenvalue weighted by molar-refractivity contribution is 5.61. The summed E-state index contributed by atoms with van der Waals surface area (Å²) in [5, 5.41) is 21.3. The van der Waals surface area contributed by atoms with Gasteiger partial charge < -0.3 is 9.84 Å². The molecular weight excluding hydrogens is 420 g/mol. The molecule has 0 atom stereocenters. The molecule has 33 heavy (non-hydrogen) atoms. The number of aromatic nitrogens is 6. The minimum Gasteiger partial charge on any atom is -0.491 e. The maximum absolute atomic E-state index is 13.1. The van der Waals surface area contributed by atoms with Gasteiger partial charge in [0.1, 0.15) is 5.69 Å². The Morgan fingerprint density at radius 2 is 1.94 bits per heavy atom. The van der Waals surface area contributed by atoms with Gasteiger partial charge in [-0.05, 0) is 32.4 Å². The van der Waals surface area contributed by atoms with Crippen LogP contribution in [0.4, 0.5) is 0 Å². The lowest BCUT2D eigenvalue weighted by molar-refractivity contribution is 0.0577. The molecule has 0 bridgehead atoms. The summed E-state index contributed by atoms with van der Waals surface area (Å²) in [5.41, 5.74) is 2.23. The number of hydrogen-bond acceptors (Lipinski definition) is 7. The van der Waals surface area contributed by atoms with E-state index >= 15 is 0 Å². The van der Waals surface area contributed by atoms with E-state index in [1.54, 1.807) is 49.5 Å². The standard InChI is InChI=1S/C24H26N6O3/c1-4-33-19-11-25-23(26-12-19)17-7-5-6-16(8-17)9-21-22(31)20(13-27-29-21)18-10-28-30(14-18)15-24(2,3)32/h5-8,10-14,32H,4,9,15H2,1-3H3,(H,27,31). The first-order chi connectivity index (χ1) is 15.8. The second kappa shape index (κ2) is 9.33. The van der Waals surface area contributed by atoms with E-state index in [0.717, 1.165) is 11.1 Å². The monoisotopic (exact) mass is 446 g/mol. The van der Waals surface area contributed by atoms with Crippen molar-refractivity contribution in [2.75, 3.05) is 6.61 Å². The van der Waals surface area contributed by atoms with Crippen molar-refractivity contribution in [2.24, 2.45) is 0 Å². The Morgan fingerprint density at radius 1 is 1.15 bits per heavy atom. The Bertz CT molecular complexity index is 1290. The molecule has 9 heteroatoms. The lowest BCUT2D eigenvalue weighted by Crippen LogP contribution is -2.26. The van der Waals surface area contributed by atoms with Crippen molar-refractivity contribution in [3.63, 3.8) is 0 Å². The van der Waals surface area contributed by atoms with Gasteiger partial charge in [0.05, 0.1) is 42.9 Å². The van der Waals surface area contributed by atoms with Crippen molar-refractivity contribution in [1.82, 2.24) is 29.9 Å². The number of rotatable bonds is 8. The third-order valence-electron chi connectivity index (χ3n) is 4.90. The predicted octanol–water partition coefficient (Wildman–Crippen LogP) is 2.85. The first-order valence-corrected chi connectivity index (χ1v) is 10.7. The zero-order valence-corrected chi connectivity index (χ0v) is 18.8. The van der Waals surface area contributed by atoms with E-state index in [9.17, 15) is 9.90 Å². The molecule has 0 aliphatic heterocycles. The molecule has 0 saturated heterocycles. The number of ether oxygens (including phenoxy) is 1. The molecule has 0 spiro atoms. The fourth-order valence-corrected chi connectivity index (χ4v) is 3.49. The highest BCUT2D eigenvalue weighted by atomic mass is 16.5. The molecule has 3 heterocycles. The fourth-order valence-electron chi connectivity index (χ4n) is 3.49. The van der Waals surface area contributed by atoms with Gasteiger partial charge in [0.15, 0.2) is 11.6 Å². The third-order valence-corrected chi connectivity index (χ3v) is 4.90. The summed E-state index contributed by atoms with van der Waals surface area (Å²) in [4.78, 5) is 21.9. The van der Waals surface area contributed by atoms with E-state index in [1.807, 2.05) is 31.2 Å². The van der Waals surface area contributed by atoms with Crippen molar-refractivity contribution in [3.8, 4) is 28.3 Å². The Hall–Kier alpha value is -3.85. The largest absolute Gasteiger partial charge is 0.491 e. The second-order valence-corrected chi connectivity index (χ2v) is 8.37. The zero-order chi connectivity index (χ0) is 23.4. The van der Waals surface area contributed by atoms with Crippen LogP contribution in [-0.4, -0.2) is 47.3 Å². The van der Waals surface area contributed by atoms with Gasteiger partial charge in [-0.15, -0.1) is 0 Å². The van der Waals surface area contributed by atoms with Crippen molar-refractivity contribution in [2.45, 2.75) is 39.3 Å². The van der Waals surface area contributed by atoms with E-state index < -0.39 is 5.60 Å². The Kier molecular flexibility index (Phi) is 6.32. The van der Waals surface area contributed by atoms with Crippen LogP contribution in [-0.2, 0) is 13.0 Å². The van der Waals surface area contributed by atoms with Crippen LogP contribution in [0.5, 0.6) is 5.75 Å². The minimum absolute atomic E-state index is 0.167. The Labute approximate surface area is 191 Å². The zero-order valence-electron chi connectivity index (χ0n) is 18.8. The topological polar surface area (TPSA) is 119 Å². The molecule has 9 nitrogen and oxygen atoms in total. The number of benzene rings is 1. The van der Waals surface area contributed by atoms with E-state index in [-0.39, 0.29) is 5.43 Å². The maximum atomic E-state index is 13.1. The number of aromatic amines is 1. The summed E-state index contributed by atoms with van der Waals surface area (Å²) in [7, 11) is 0. The van der Waals surface area contributed by atoms with Gasteiger partial charge in [0.25, 0.3) is 0 Å². The highest BCUT2D eigenvalue weighted by Gasteiger charge is 2.16. The first-order valence-electron chi connectivity index (χ1n) is 10.7. The average molecular weight is 447 g/mol. The van der Waals surface area contributed by atoms with Gasteiger partial charge in [-0.1, -0.05) is 18.2 Å². The molecule has 0 fully saturated rings. The number of hydrogen-bond donors (Lipinski definition) is 2. The number of aliphatic hydroxyl groups is 1. The summed E-state index contributed by atoms with van der Waals surface area (Å²) in [6.07, 6.45) is 8.58. The molecule has 0 saturated carbocycles. The van der Waals surface area contributed by atoms with E-state index in [4.69, 9.17) is 4.74 Å². The lowest BCUT2D eigenvalue weighted by Gasteiger charge is -2.16. The van der Waals surface area contributed by atoms with Gasteiger partial charge in [-0.2, -0.15) is 10.2 Å². The summed E-state index contributed by atoms with van der Waals surface area (Å²) in [6.45, 7) is 6.20. The molecule has 0 radical (unpaired) electrons. The summed E-state index contributed by atoms with van der Waals surface area (Å²) < 4.78 is 7.02. The first kappa shape index (κ1) is 22.3. The minimum atomic E-state index is -0.906. The number of nitrogens with zero attached hydrogens (tertiary/aromatic N) is 5. The molecule has 1 aromatic carbocycles. The molecule has 170 valence electrons. The van der Waals surface area contributed by atoms with E-state index in [0.29, 0.717) is 48.0 Å². The smallest absolute Gasteiger partial charge is 0.211 e. The van der Waals surface area contributed by atoms with E-state index in [1.165, 1.54) is 0 Å². The molecule has 0 aliphatic carbocycles. The lowest BCUT2D eigenvalue weighted by atomic mass is 10.0. The van der Waals surface area contributed by atoms with Crippen LogP contribution in [0.2, 0.25) is 0 Å². The van der Waals surface area contributed by atoms with Crippen LogP contribution in [0.1, 0.15) is 32.0 Å². The number of H-pyrrole nitrogens is 1. The fraction of sp³-hybridized carbons (Fsp3) is 0.292. The van der Waals surface area contributed by atoms with Crippen LogP contribution in [0.3, 0.4) is 0 Å². The quantitative estimate of drug-likeness (QED) is 0.427. The molecule has 2 N–H and O–H groups in total. The average Bonchev–Trinajstić information content (AvgIpc) is 3.22. The van der Waals surface area contributed by atoms with Crippen LogP contribution >= 0.6 is 0 Å². The van der Waals surface area contributed by atoms with Gasteiger partial charge in [0, 0.05) is 29.9 Å². The molecule has 0 unspecified atom stereocenters. The van der Waals surface area contributed by atoms with Gasteiger partial charge in [-0.3, -0.25) is 14.6 Å². The van der Waals surface area contributed by atoms with Gasteiger partial charge >= 0.3 is 0 Å². The number of nitrogens with one attached hydrogen (secondary N) is 1. The van der Waals surface area contributed by atoms with Crippen molar-refractivity contribution in [3.05, 3.63) is 76.7 Å². The molecule has 0 aliphatic rings. The molecule has 3 aromatic heterocycles.